The quantitative estimate of drug-likeness (QED) is 0.198. The molecule has 6 heteroatoms. The lowest BCUT2D eigenvalue weighted by Crippen LogP contribution is -2.49. The van der Waals surface area contributed by atoms with E-state index in [0.717, 1.165) is 12.0 Å². The van der Waals surface area contributed by atoms with Crippen LogP contribution in [0.3, 0.4) is 0 Å². The molecule has 0 aromatic heterocycles. The number of nitrogens with zero attached hydrogens (tertiary/aromatic N) is 1. The average molecular weight is 509 g/mol. The van der Waals surface area contributed by atoms with Crippen LogP contribution >= 0.6 is 0 Å². The number of allylic oxidation sites excluding steroid dienone is 2. The van der Waals surface area contributed by atoms with Gasteiger partial charge in [0.2, 0.25) is 0 Å². The molecule has 0 unspecified atom stereocenters. The van der Waals surface area contributed by atoms with Crippen LogP contribution < -0.4 is 15.7 Å². The van der Waals surface area contributed by atoms with Crippen molar-refractivity contribution >= 4 is 17.8 Å². The summed E-state index contributed by atoms with van der Waals surface area (Å²) >= 11 is 0. The van der Waals surface area contributed by atoms with E-state index in [2.05, 4.69) is 65.8 Å². The second-order valence-corrected chi connectivity index (χ2v) is 10.4. The lowest BCUT2D eigenvalue weighted by molar-refractivity contribution is -0.421. The van der Waals surface area contributed by atoms with Gasteiger partial charge in [-0.3, -0.25) is 10.1 Å². The number of aryl methyl sites for hydroxylation is 6. The van der Waals surface area contributed by atoms with E-state index in [-0.39, 0.29) is 24.1 Å². The highest BCUT2D eigenvalue weighted by atomic mass is 16.6. The maximum absolute atomic E-state index is 11.3. The number of ether oxygens (including phenoxy) is 1. The molecule has 38 heavy (non-hydrogen) atoms. The van der Waals surface area contributed by atoms with Crippen molar-refractivity contribution in [1.29, 1.82) is 0 Å². The minimum atomic E-state index is -0.333. The average Bonchev–Trinajstić information content (AvgIpc) is 2.85. The fourth-order valence-electron chi connectivity index (χ4n) is 5.58. The molecular formula is C32H36BNO4. The Morgan fingerprint density at radius 2 is 1.26 bits per heavy atom. The van der Waals surface area contributed by atoms with Crippen LogP contribution in [0.4, 0.5) is 0 Å². The molecule has 0 saturated heterocycles. The summed E-state index contributed by atoms with van der Waals surface area (Å²) in [6.45, 7) is 13.4. The van der Waals surface area contributed by atoms with E-state index in [1.807, 2.05) is 30.3 Å². The summed E-state index contributed by atoms with van der Waals surface area (Å²) in [4.78, 5) is 11.0. The summed E-state index contributed by atoms with van der Waals surface area (Å²) in [7, 11) is 0. The topological polar surface area (TPSA) is 61.6 Å². The second kappa shape index (κ2) is 11.8. The molecule has 196 valence electrons. The highest BCUT2D eigenvalue weighted by Gasteiger charge is 2.28. The zero-order valence-corrected chi connectivity index (χ0v) is 23.3. The Labute approximate surface area is 226 Å². The summed E-state index contributed by atoms with van der Waals surface area (Å²) in [5.74, 6) is 0.676. The lowest BCUT2D eigenvalue weighted by atomic mass is 9.50. The summed E-state index contributed by atoms with van der Waals surface area (Å²) in [6.07, 6.45) is 5.06. The van der Waals surface area contributed by atoms with Gasteiger partial charge in [0, 0.05) is 0 Å². The molecule has 0 N–H and O–H groups in total. The standard InChI is InChI=1S/C32H36BNO4/c1-21-15-23(3)31(24(4)16-21)33(32-25(5)17-22(2)18-26(32)6)38-19-27-11-13-29(14-12-27)37-20-28-9-7-8-10-30(28)34(35)36/h9-18H,7-8,19-20H2,1-6H3. The van der Waals surface area contributed by atoms with Crippen LogP contribution in [-0.4, -0.2) is 18.4 Å². The Bertz CT molecular complexity index is 1300. The Morgan fingerprint density at radius 3 is 1.76 bits per heavy atom. The Kier molecular flexibility index (Phi) is 8.53. The Morgan fingerprint density at radius 1 is 0.763 bits per heavy atom. The van der Waals surface area contributed by atoms with E-state index < -0.39 is 0 Å². The van der Waals surface area contributed by atoms with E-state index in [1.165, 1.54) is 44.3 Å². The first-order valence-corrected chi connectivity index (χ1v) is 13.2. The summed E-state index contributed by atoms with van der Waals surface area (Å²) in [5.41, 5.74) is 11.7. The van der Waals surface area contributed by atoms with Gasteiger partial charge in [-0.05, 0) is 89.1 Å². The van der Waals surface area contributed by atoms with Crippen molar-refractivity contribution in [2.75, 3.05) is 6.61 Å². The third kappa shape index (κ3) is 6.25. The van der Waals surface area contributed by atoms with E-state index >= 15 is 0 Å². The van der Waals surface area contributed by atoms with Crippen molar-refractivity contribution in [3.8, 4) is 5.75 Å². The van der Waals surface area contributed by atoms with Crippen molar-refractivity contribution in [3.63, 3.8) is 0 Å². The molecule has 0 bridgehead atoms. The SMILES string of the molecule is Cc1cc(C)c(B(OCc2ccc(OCC3=CCCC=C3[N+](=O)[O-])cc2)c2c(C)cc(C)cc2C)c(C)c1. The lowest BCUT2D eigenvalue weighted by Gasteiger charge is -2.24. The Hall–Kier alpha value is -3.64. The number of rotatable bonds is 9. The van der Waals surface area contributed by atoms with Gasteiger partial charge in [-0.1, -0.05) is 75.9 Å². The molecule has 0 fully saturated rings. The zero-order chi connectivity index (χ0) is 27.4. The van der Waals surface area contributed by atoms with Gasteiger partial charge in [0.15, 0.2) is 0 Å². The van der Waals surface area contributed by atoms with Gasteiger partial charge >= 0.3 is 6.92 Å². The monoisotopic (exact) mass is 509 g/mol. The number of hydrogen-bond donors (Lipinski definition) is 0. The predicted molar refractivity (Wildman–Crippen MR) is 155 cm³/mol. The number of benzene rings is 3. The molecule has 0 saturated carbocycles. The molecule has 3 aromatic carbocycles. The van der Waals surface area contributed by atoms with Crippen LogP contribution in [0.25, 0.3) is 0 Å². The third-order valence-corrected chi connectivity index (χ3v) is 7.16. The molecule has 0 aliphatic heterocycles. The van der Waals surface area contributed by atoms with Crippen LogP contribution in [0.2, 0.25) is 0 Å². The van der Waals surface area contributed by atoms with Crippen LogP contribution in [-0.2, 0) is 11.3 Å². The first kappa shape index (κ1) is 27.4. The van der Waals surface area contributed by atoms with Gasteiger partial charge in [0.25, 0.3) is 5.70 Å². The summed E-state index contributed by atoms with van der Waals surface area (Å²) in [6, 6.07) is 16.7. The third-order valence-electron chi connectivity index (χ3n) is 7.16. The molecule has 5 nitrogen and oxygen atoms in total. The minimum Gasteiger partial charge on any atom is -0.489 e. The molecule has 1 aliphatic carbocycles. The number of nitro groups is 1. The normalized spacial score (nSPS) is 13.1. The van der Waals surface area contributed by atoms with Crippen molar-refractivity contribution in [2.45, 2.75) is 61.0 Å². The van der Waals surface area contributed by atoms with E-state index in [1.54, 1.807) is 6.08 Å². The minimum absolute atomic E-state index is 0.149. The smallest absolute Gasteiger partial charge is 0.362 e. The van der Waals surface area contributed by atoms with Crippen molar-refractivity contribution < 1.29 is 14.3 Å². The maximum atomic E-state index is 11.3. The summed E-state index contributed by atoms with van der Waals surface area (Å²) in [5, 5.41) is 11.3. The number of hydrogen-bond acceptors (Lipinski definition) is 4. The van der Waals surface area contributed by atoms with Gasteiger partial charge in [0.1, 0.15) is 12.4 Å². The van der Waals surface area contributed by atoms with Gasteiger partial charge in [-0.25, -0.2) is 0 Å². The van der Waals surface area contributed by atoms with E-state index in [9.17, 15) is 10.1 Å². The molecule has 1 aliphatic rings. The van der Waals surface area contributed by atoms with E-state index in [4.69, 9.17) is 9.39 Å². The molecule has 0 spiro atoms. The molecule has 0 radical (unpaired) electrons. The van der Waals surface area contributed by atoms with Gasteiger partial charge in [-0.2, -0.15) is 0 Å². The summed E-state index contributed by atoms with van der Waals surface area (Å²) < 4.78 is 12.6. The van der Waals surface area contributed by atoms with Gasteiger partial charge < -0.3 is 9.39 Å². The fraction of sp³-hybridized carbons (Fsp3) is 0.312. The highest BCUT2D eigenvalue weighted by Crippen LogP contribution is 2.22. The predicted octanol–water partition coefficient (Wildman–Crippen LogP) is 6.12. The maximum Gasteiger partial charge on any atom is 0.362 e. The zero-order valence-electron chi connectivity index (χ0n) is 23.3. The van der Waals surface area contributed by atoms with Gasteiger partial charge in [0.05, 0.1) is 17.1 Å². The van der Waals surface area contributed by atoms with Crippen LogP contribution in [0.1, 0.15) is 51.8 Å². The van der Waals surface area contributed by atoms with Crippen molar-refractivity contribution in [2.24, 2.45) is 0 Å². The molecule has 0 atom stereocenters. The highest BCUT2D eigenvalue weighted by molar-refractivity contribution is 6.81. The molecule has 4 rings (SSSR count). The van der Waals surface area contributed by atoms with Crippen molar-refractivity contribution in [1.82, 2.24) is 0 Å². The van der Waals surface area contributed by atoms with Crippen LogP contribution in [0.15, 0.2) is 72.0 Å². The first-order valence-electron chi connectivity index (χ1n) is 13.2. The second-order valence-electron chi connectivity index (χ2n) is 10.4. The molecule has 0 heterocycles. The molecule has 3 aromatic rings. The van der Waals surface area contributed by atoms with Crippen LogP contribution in [0.5, 0.6) is 5.75 Å². The van der Waals surface area contributed by atoms with Crippen LogP contribution in [0, 0.1) is 51.7 Å². The van der Waals surface area contributed by atoms with E-state index in [0.29, 0.717) is 24.4 Å². The fourth-order valence-corrected chi connectivity index (χ4v) is 5.58. The largest absolute Gasteiger partial charge is 0.489 e. The molecular weight excluding hydrogens is 473 g/mol. The first-order chi connectivity index (χ1) is 18.1. The van der Waals surface area contributed by atoms with Crippen molar-refractivity contribution in [3.05, 3.63) is 121 Å². The Balaban J connectivity index is 1.53. The molecule has 0 amide bonds. The van der Waals surface area contributed by atoms with Gasteiger partial charge in [-0.15, -0.1) is 0 Å².